The number of ketones is 1. The van der Waals surface area contributed by atoms with E-state index in [4.69, 9.17) is 11.6 Å². The topological polar surface area (TPSA) is 40.5 Å². The first kappa shape index (κ1) is 17.3. The van der Waals surface area contributed by atoms with Gasteiger partial charge in [0, 0.05) is 28.5 Å². The van der Waals surface area contributed by atoms with Crippen LogP contribution in [0.4, 0.5) is 0 Å². The lowest BCUT2D eigenvalue weighted by Crippen LogP contribution is -2.53. The lowest BCUT2D eigenvalue weighted by atomic mass is 9.61. The third-order valence-corrected chi connectivity index (χ3v) is 6.14. The molecule has 1 aliphatic carbocycles. The molecule has 0 spiro atoms. The van der Waals surface area contributed by atoms with Crippen LogP contribution < -0.4 is 0 Å². The van der Waals surface area contributed by atoms with Crippen molar-refractivity contribution in [3.63, 3.8) is 0 Å². The van der Waals surface area contributed by atoms with Crippen LogP contribution >= 0.6 is 11.6 Å². The van der Waals surface area contributed by atoms with Gasteiger partial charge in [0.2, 0.25) is 0 Å². The van der Waals surface area contributed by atoms with Gasteiger partial charge in [-0.3, -0.25) is 9.69 Å². The van der Waals surface area contributed by atoms with E-state index in [2.05, 4.69) is 11.9 Å². The normalized spacial score (nSPS) is 27.7. The minimum atomic E-state index is -0.176. The maximum atomic E-state index is 13.1. The number of hydrogen-bond acceptors (Lipinski definition) is 3. The van der Waals surface area contributed by atoms with Gasteiger partial charge in [0.05, 0.1) is 0 Å². The number of halogens is 1. The van der Waals surface area contributed by atoms with Gasteiger partial charge in [-0.25, -0.2) is 0 Å². The number of fused-ring (bicyclic) bond motifs is 2. The van der Waals surface area contributed by atoms with Crippen molar-refractivity contribution < 1.29 is 9.90 Å². The minimum absolute atomic E-state index is 0.100. The largest absolute Gasteiger partial charge is 0.508 e. The van der Waals surface area contributed by atoms with Crippen molar-refractivity contribution in [2.75, 3.05) is 13.6 Å². The summed E-state index contributed by atoms with van der Waals surface area (Å²) in [5.74, 6) is 0.466. The van der Waals surface area contributed by atoms with Crippen LogP contribution in [0.5, 0.6) is 5.75 Å². The van der Waals surface area contributed by atoms with Crippen molar-refractivity contribution in [1.29, 1.82) is 0 Å². The van der Waals surface area contributed by atoms with E-state index in [1.165, 1.54) is 0 Å². The summed E-state index contributed by atoms with van der Waals surface area (Å²) in [7, 11) is 2.09. The van der Waals surface area contributed by atoms with Gasteiger partial charge in [0.25, 0.3) is 0 Å². The van der Waals surface area contributed by atoms with Gasteiger partial charge >= 0.3 is 0 Å². The molecule has 2 bridgehead atoms. The smallest absolute Gasteiger partial charge is 0.161 e. The predicted octanol–water partition coefficient (Wildman–Crippen LogP) is 4.43. The van der Waals surface area contributed by atoms with Crippen LogP contribution in [0.3, 0.4) is 0 Å². The molecule has 2 fully saturated rings. The Hall–Kier alpha value is -2.10. The SMILES string of the molecule is CN1CC[C@@]2(c3cccc(O)c3)CC(=O)/C(=C/c3ccc(Cl)cc3)[C@@H]1C2. The van der Waals surface area contributed by atoms with Gasteiger partial charge < -0.3 is 5.11 Å². The van der Waals surface area contributed by atoms with Crippen LogP contribution in [0.1, 0.15) is 30.4 Å². The highest BCUT2D eigenvalue weighted by Crippen LogP contribution is 2.47. The Balaban J connectivity index is 1.72. The lowest BCUT2D eigenvalue weighted by Gasteiger charge is -2.50. The summed E-state index contributed by atoms with van der Waals surface area (Å²) in [5, 5.41) is 10.6. The fourth-order valence-corrected chi connectivity index (χ4v) is 4.52. The number of rotatable bonds is 2. The van der Waals surface area contributed by atoms with Crippen LogP contribution in [-0.4, -0.2) is 35.4 Å². The van der Waals surface area contributed by atoms with E-state index in [1.807, 2.05) is 48.5 Å². The summed E-state index contributed by atoms with van der Waals surface area (Å²) in [5.41, 5.74) is 2.78. The van der Waals surface area contributed by atoms with Crippen molar-refractivity contribution in [2.45, 2.75) is 30.7 Å². The third-order valence-electron chi connectivity index (χ3n) is 5.89. The summed E-state index contributed by atoms with van der Waals surface area (Å²) >= 11 is 5.97. The molecule has 134 valence electrons. The second-order valence-corrected chi connectivity index (χ2v) is 7.97. The van der Waals surface area contributed by atoms with E-state index >= 15 is 0 Å². The number of hydrogen-bond donors (Lipinski definition) is 1. The highest BCUT2D eigenvalue weighted by atomic mass is 35.5. The van der Waals surface area contributed by atoms with E-state index in [-0.39, 0.29) is 23.0 Å². The zero-order chi connectivity index (χ0) is 18.3. The van der Waals surface area contributed by atoms with Crippen molar-refractivity contribution in [3.05, 3.63) is 70.3 Å². The summed E-state index contributed by atoms with van der Waals surface area (Å²) in [6, 6.07) is 15.1. The predicted molar refractivity (Wildman–Crippen MR) is 104 cm³/mol. The molecular formula is C22H22ClNO2. The number of phenolic OH excluding ortho intramolecular Hbond substituents is 1. The van der Waals surface area contributed by atoms with Gasteiger partial charge in [-0.15, -0.1) is 0 Å². The molecule has 3 nitrogen and oxygen atoms in total. The molecule has 0 radical (unpaired) electrons. The van der Waals surface area contributed by atoms with E-state index < -0.39 is 0 Å². The van der Waals surface area contributed by atoms with Crippen molar-refractivity contribution in [3.8, 4) is 5.75 Å². The molecular weight excluding hydrogens is 346 g/mol. The van der Waals surface area contributed by atoms with Gasteiger partial charge in [-0.2, -0.15) is 0 Å². The fourth-order valence-electron chi connectivity index (χ4n) is 4.39. The van der Waals surface area contributed by atoms with Crippen molar-refractivity contribution >= 4 is 23.5 Å². The molecule has 2 aliphatic rings. The quantitative estimate of drug-likeness (QED) is 0.798. The number of phenols is 1. The highest BCUT2D eigenvalue weighted by Gasteiger charge is 2.48. The van der Waals surface area contributed by atoms with Crippen LogP contribution in [0.15, 0.2) is 54.1 Å². The number of piperidine rings is 1. The molecule has 1 saturated carbocycles. The molecule has 1 saturated heterocycles. The van der Waals surface area contributed by atoms with Gasteiger partial charge in [0.15, 0.2) is 5.78 Å². The molecule has 1 N–H and O–H groups in total. The summed E-state index contributed by atoms with van der Waals surface area (Å²) in [6.45, 7) is 0.936. The Kier molecular flexibility index (Phi) is 4.37. The molecule has 4 rings (SSSR count). The number of nitrogens with zero attached hydrogens (tertiary/aromatic N) is 1. The van der Waals surface area contributed by atoms with E-state index in [9.17, 15) is 9.90 Å². The van der Waals surface area contributed by atoms with Crippen LogP contribution in [0.2, 0.25) is 5.02 Å². The molecule has 1 heterocycles. The third kappa shape index (κ3) is 3.06. The zero-order valence-electron chi connectivity index (χ0n) is 14.8. The minimum Gasteiger partial charge on any atom is -0.508 e. The average molecular weight is 368 g/mol. The molecule has 0 amide bonds. The number of aromatic hydroxyl groups is 1. The Labute approximate surface area is 158 Å². The van der Waals surface area contributed by atoms with Gasteiger partial charge in [-0.05, 0) is 67.9 Å². The number of likely N-dealkylation sites (tertiary alicyclic amines) is 1. The van der Waals surface area contributed by atoms with Crippen molar-refractivity contribution in [2.24, 2.45) is 0 Å². The number of likely N-dealkylation sites (N-methyl/N-ethyl adjacent to an activating group) is 1. The molecule has 2 aromatic rings. The molecule has 2 atom stereocenters. The molecule has 0 aromatic heterocycles. The second-order valence-electron chi connectivity index (χ2n) is 7.53. The van der Waals surface area contributed by atoms with Gasteiger partial charge in [0.1, 0.15) is 5.75 Å². The molecule has 0 unspecified atom stereocenters. The zero-order valence-corrected chi connectivity index (χ0v) is 15.5. The summed E-state index contributed by atoms with van der Waals surface area (Å²) in [6.07, 6.45) is 4.35. The molecule has 2 aromatic carbocycles. The Morgan fingerprint density at radius 2 is 2.00 bits per heavy atom. The lowest BCUT2D eigenvalue weighted by molar-refractivity contribution is -0.120. The maximum Gasteiger partial charge on any atom is 0.161 e. The van der Waals surface area contributed by atoms with Crippen LogP contribution in [0, 0.1) is 0 Å². The monoisotopic (exact) mass is 367 g/mol. The van der Waals surface area contributed by atoms with Crippen LogP contribution in [-0.2, 0) is 10.2 Å². The van der Waals surface area contributed by atoms with E-state index in [0.717, 1.165) is 36.1 Å². The first-order valence-corrected chi connectivity index (χ1v) is 9.35. The fraction of sp³-hybridized carbons (Fsp3) is 0.318. The summed E-state index contributed by atoms with van der Waals surface area (Å²) in [4.78, 5) is 15.4. The Morgan fingerprint density at radius 1 is 1.23 bits per heavy atom. The summed E-state index contributed by atoms with van der Waals surface area (Å²) < 4.78 is 0. The van der Waals surface area contributed by atoms with Gasteiger partial charge in [-0.1, -0.05) is 35.9 Å². The van der Waals surface area contributed by atoms with E-state index in [0.29, 0.717) is 11.4 Å². The average Bonchev–Trinajstić information content (AvgIpc) is 2.63. The standard InChI is InChI=1S/C22H22ClNO2/c1-24-10-9-22(16-3-2-4-18(25)12-16)13-20(24)19(21(26)14-22)11-15-5-7-17(23)8-6-15/h2-8,11-12,20,25H,9-10,13-14H2,1H3/b19-11+/t20-,22-/m0/s1. The second kappa shape index (κ2) is 6.57. The Bertz CT molecular complexity index is 874. The highest BCUT2D eigenvalue weighted by molar-refractivity contribution is 6.30. The first-order valence-electron chi connectivity index (χ1n) is 8.97. The van der Waals surface area contributed by atoms with E-state index in [1.54, 1.807) is 6.07 Å². The number of carbonyl (C=O) groups excluding carboxylic acids is 1. The first-order chi connectivity index (χ1) is 12.5. The molecule has 26 heavy (non-hydrogen) atoms. The van der Waals surface area contributed by atoms with Crippen molar-refractivity contribution in [1.82, 2.24) is 4.90 Å². The maximum absolute atomic E-state index is 13.1. The number of benzene rings is 2. The molecule has 4 heteroatoms. The molecule has 1 aliphatic heterocycles. The van der Waals surface area contributed by atoms with Crippen LogP contribution in [0.25, 0.3) is 6.08 Å². The Morgan fingerprint density at radius 3 is 2.73 bits per heavy atom. The number of Topliss-reactive ketones (excluding diaryl/α,β-unsaturated/α-hetero) is 1. The number of carbonyl (C=O) groups is 1.